The van der Waals surface area contributed by atoms with Crippen molar-refractivity contribution in [1.29, 1.82) is 0 Å². The monoisotopic (exact) mass is 255 g/mol. The van der Waals surface area contributed by atoms with E-state index in [0.29, 0.717) is 11.5 Å². The Morgan fingerprint density at radius 3 is 2.28 bits per heavy atom. The van der Waals surface area contributed by atoms with E-state index in [-0.39, 0.29) is 0 Å². The number of ether oxygens (including phenoxy) is 1. The topological polar surface area (TPSA) is 21.3 Å². The third-order valence-electron chi connectivity index (χ3n) is 4.58. The van der Waals surface area contributed by atoms with Gasteiger partial charge in [-0.2, -0.15) is 0 Å². The Hall–Kier alpha value is -0.0800. The first-order valence-electron chi connectivity index (χ1n) is 7.65. The summed E-state index contributed by atoms with van der Waals surface area (Å²) in [6.07, 6.45) is 6.77. The standard InChI is InChI=1S/C16H33NO/c1-13(10-11-18-5)17-12-14-6-8-15(9-7-14)16(2,3)4/h13-15,17H,6-12H2,1-5H3. The average molecular weight is 255 g/mol. The highest BCUT2D eigenvalue weighted by molar-refractivity contribution is 4.81. The van der Waals surface area contributed by atoms with Gasteiger partial charge in [0.05, 0.1) is 0 Å². The molecule has 1 saturated carbocycles. The third kappa shape index (κ3) is 5.71. The lowest BCUT2D eigenvalue weighted by atomic mass is 9.70. The van der Waals surface area contributed by atoms with Gasteiger partial charge in [0, 0.05) is 19.8 Å². The Bertz CT molecular complexity index is 214. The zero-order valence-electron chi connectivity index (χ0n) is 13.1. The van der Waals surface area contributed by atoms with Crippen LogP contribution in [0.15, 0.2) is 0 Å². The molecule has 2 heteroatoms. The van der Waals surface area contributed by atoms with Crippen LogP contribution in [0.1, 0.15) is 59.8 Å². The van der Waals surface area contributed by atoms with Gasteiger partial charge in [0.2, 0.25) is 0 Å². The van der Waals surface area contributed by atoms with Gasteiger partial charge in [0.15, 0.2) is 0 Å². The molecule has 0 bridgehead atoms. The lowest BCUT2D eigenvalue weighted by Crippen LogP contribution is -2.35. The van der Waals surface area contributed by atoms with Crippen LogP contribution in [0.5, 0.6) is 0 Å². The molecule has 1 aliphatic carbocycles. The first-order chi connectivity index (χ1) is 8.43. The number of rotatable bonds is 6. The van der Waals surface area contributed by atoms with Crippen LogP contribution in [-0.2, 0) is 4.74 Å². The second-order valence-corrected chi connectivity index (χ2v) is 7.17. The molecule has 2 nitrogen and oxygen atoms in total. The molecule has 0 saturated heterocycles. The number of nitrogens with one attached hydrogen (secondary N) is 1. The van der Waals surface area contributed by atoms with Crippen LogP contribution < -0.4 is 5.32 Å². The van der Waals surface area contributed by atoms with Gasteiger partial charge in [-0.3, -0.25) is 0 Å². The van der Waals surface area contributed by atoms with Crippen LogP contribution in [0.2, 0.25) is 0 Å². The normalized spacial score (nSPS) is 27.2. The Labute approximate surface area is 114 Å². The summed E-state index contributed by atoms with van der Waals surface area (Å²) in [6, 6.07) is 0.588. The van der Waals surface area contributed by atoms with Gasteiger partial charge in [0.25, 0.3) is 0 Å². The van der Waals surface area contributed by atoms with Gasteiger partial charge in [-0.1, -0.05) is 20.8 Å². The molecule has 1 rings (SSSR count). The van der Waals surface area contributed by atoms with Gasteiger partial charge < -0.3 is 10.1 Å². The van der Waals surface area contributed by atoms with Gasteiger partial charge >= 0.3 is 0 Å². The van der Waals surface area contributed by atoms with E-state index in [2.05, 4.69) is 33.0 Å². The van der Waals surface area contributed by atoms with Gasteiger partial charge in [-0.15, -0.1) is 0 Å². The predicted octanol–water partition coefficient (Wildman–Crippen LogP) is 3.85. The number of hydrogen-bond acceptors (Lipinski definition) is 2. The third-order valence-corrected chi connectivity index (χ3v) is 4.58. The molecule has 18 heavy (non-hydrogen) atoms. The fourth-order valence-corrected chi connectivity index (χ4v) is 3.00. The van der Waals surface area contributed by atoms with Crippen LogP contribution in [-0.4, -0.2) is 26.3 Å². The molecule has 0 aromatic heterocycles. The van der Waals surface area contributed by atoms with E-state index in [0.717, 1.165) is 24.9 Å². The van der Waals surface area contributed by atoms with Crippen molar-refractivity contribution in [2.24, 2.45) is 17.3 Å². The number of hydrogen-bond donors (Lipinski definition) is 1. The summed E-state index contributed by atoms with van der Waals surface area (Å²) in [4.78, 5) is 0. The summed E-state index contributed by atoms with van der Waals surface area (Å²) >= 11 is 0. The van der Waals surface area contributed by atoms with E-state index >= 15 is 0 Å². The lowest BCUT2D eigenvalue weighted by molar-refractivity contribution is 0.145. The van der Waals surface area contributed by atoms with Crippen molar-refractivity contribution >= 4 is 0 Å². The average Bonchev–Trinajstić information content (AvgIpc) is 2.33. The van der Waals surface area contributed by atoms with Gasteiger partial charge in [-0.25, -0.2) is 0 Å². The van der Waals surface area contributed by atoms with E-state index in [1.807, 2.05) is 0 Å². The summed E-state index contributed by atoms with van der Waals surface area (Å²) in [5.74, 6) is 1.83. The molecule has 108 valence electrons. The highest BCUT2D eigenvalue weighted by Gasteiger charge is 2.29. The molecule has 0 aliphatic heterocycles. The van der Waals surface area contributed by atoms with Crippen LogP contribution in [0, 0.1) is 17.3 Å². The fourth-order valence-electron chi connectivity index (χ4n) is 3.00. The van der Waals surface area contributed by atoms with E-state index < -0.39 is 0 Å². The summed E-state index contributed by atoms with van der Waals surface area (Å²) in [5, 5.41) is 3.66. The largest absolute Gasteiger partial charge is 0.385 e. The molecule has 1 atom stereocenters. The molecule has 0 spiro atoms. The van der Waals surface area contributed by atoms with Crippen molar-refractivity contribution in [1.82, 2.24) is 5.32 Å². The maximum Gasteiger partial charge on any atom is 0.0476 e. The minimum Gasteiger partial charge on any atom is -0.385 e. The smallest absolute Gasteiger partial charge is 0.0476 e. The second kappa shape index (κ2) is 7.49. The Morgan fingerprint density at radius 2 is 1.78 bits per heavy atom. The van der Waals surface area contributed by atoms with Crippen LogP contribution in [0.4, 0.5) is 0 Å². The van der Waals surface area contributed by atoms with Crippen molar-refractivity contribution in [3.05, 3.63) is 0 Å². The highest BCUT2D eigenvalue weighted by Crippen LogP contribution is 2.39. The summed E-state index contributed by atoms with van der Waals surface area (Å²) < 4.78 is 5.12. The Balaban J connectivity index is 2.16. The predicted molar refractivity (Wildman–Crippen MR) is 78.9 cm³/mol. The second-order valence-electron chi connectivity index (χ2n) is 7.17. The van der Waals surface area contributed by atoms with Crippen molar-refractivity contribution in [3.8, 4) is 0 Å². The lowest BCUT2D eigenvalue weighted by Gasteiger charge is -2.37. The minimum atomic E-state index is 0.504. The number of methoxy groups -OCH3 is 1. The van der Waals surface area contributed by atoms with Crippen LogP contribution in [0.3, 0.4) is 0 Å². The van der Waals surface area contributed by atoms with Gasteiger partial charge in [0.1, 0.15) is 0 Å². The van der Waals surface area contributed by atoms with Crippen LogP contribution in [0.25, 0.3) is 0 Å². The van der Waals surface area contributed by atoms with Crippen molar-refractivity contribution in [3.63, 3.8) is 0 Å². The first kappa shape index (κ1) is 16.0. The molecule has 0 amide bonds. The van der Waals surface area contributed by atoms with Crippen molar-refractivity contribution in [2.75, 3.05) is 20.3 Å². The maximum atomic E-state index is 5.12. The molecular formula is C16H33NO. The highest BCUT2D eigenvalue weighted by atomic mass is 16.5. The summed E-state index contributed by atoms with van der Waals surface area (Å²) in [6.45, 7) is 11.5. The van der Waals surface area contributed by atoms with Crippen molar-refractivity contribution in [2.45, 2.75) is 65.8 Å². The van der Waals surface area contributed by atoms with Crippen LogP contribution >= 0.6 is 0 Å². The zero-order valence-corrected chi connectivity index (χ0v) is 13.1. The quantitative estimate of drug-likeness (QED) is 0.778. The van der Waals surface area contributed by atoms with Crippen molar-refractivity contribution < 1.29 is 4.74 Å². The molecule has 1 N–H and O–H groups in total. The minimum absolute atomic E-state index is 0.504. The zero-order chi connectivity index (χ0) is 13.6. The molecule has 1 unspecified atom stereocenters. The van der Waals surface area contributed by atoms with E-state index in [1.54, 1.807) is 7.11 Å². The Kier molecular flexibility index (Phi) is 6.65. The summed E-state index contributed by atoms with van der Waals surface area (Å²) in [5.41, 5.74) is 0.504. The first-order valence-corrected chi connectivity index (χ1v) is 7.65. The molecule has 1 fully saturated rings. The molecule has 0 aromatic carbocycles. The van der Waals surface area contributed by atoms with E-state index in [1.165, 1.54) is 32.2 Å². The maximum absolute atomic E-state index is 5.12. The molecule has 0 radical (unpaired) electrons. The van der Waals surface area contributed by atoms with E-state index in [4.69, 9.17) is 4.74 Å². The van der Waals surface area contributed by atoms with Gasteiger partial charge in [-0.05, 0) is 62.8 Å². The fraction of sp³-hybridized carbons (Fsp3) is 1.00. The Morgan fingerprint density at radius 1 is 1.17 bits per heavy atom. The molecule has 1 aliphatic rings. The van der Waals surface area contributed by atoms with E-state index in [9.17, 15) is 0 Å². The molecular weight excluding hydrogens is 222 g/mol. The molecule has 0 aromatic rings. The summed E-state index contributed by atoms with van der Waals surface area (Å²) in [7, 11) is 1.78. The molecule has 0 heterocycles. The SMILES string of the molecule is COCCC(C)NCC1CCC(C(C)(C)C)CC1.